The van der Waals surface area contributed by atoms with E-state index in [0.717, 1.165) is 31.2 Å². The molecule has 1 aliphatic rings. The molecule has 1 fully saturated rings. The van der Waals surface area contributed by atoms with Crippen LogP contribution in [0.15, 0.2) is 18.2 Å². The van der Waals surface area contributed by atoms with Gasteiger partial charge in [-0.3, -0.25) is 0 Å². The Hall–Kier alpha value is -1.23. The zero-order valence-corrected chi connectivity index (χ0v) is 8.51. The molecule has 0 amide bonds. The molecule has 16 heavy (non-hydrogen) atoms. The van der Waals surface area contributed by atoms with Crippen LogP contribution in [0.3, 0.4) is 0 Å². The molecule has 1 unspecified atom stereocenters. The number of rotatable bonds is 1. The lowest BCUT2D eigenvalue weighted by Gasteiger charge is -2.14. The molecule has 1 aliphatic heterocycles. The number of nitrogens with one attached hydrogen (secondary N) is 1. The van der Waals surface area contributed by atoms with Gasteiger partial charge in [0, 0.05) is 12.5 Å². The molecule has 1 saturated heterocycles. The first-order valence-corrected chi connectivity index (χ1v) is 5.09. The van der Waals surface area contributed by atoms with E-state index in [1.165, 1.54) is 0 Å². The third kappa shape index (κ3) is 2.14. The molecule has 1 aromatic rings. The summed E-state index contributed by atoms with van der Waals surface area (Å²) in [6, 6.07) is 3.07. The molecule has 0 spiro atoms. The van der Waals surface area contributed by atoms with Gasteiger partial charge in [-0.15, -0.1) is 0 Å². The molecule has 88 valence electrons. The Bertz CT molecular complexity index is 383. The van der Waals surface area contributed by atoms with Crippen molar-refractivity contribution in [3.05, 3.63) is 29.3 Å². The highest BCUT2D eigenvalue weighted by atomic mass is 19.4. The molecule has 0 aromatic heterocycles. The summed E-state index contributed by atoms with van der Waals surface area (Å²) in [5.41, 5.74) is -0.313. The Kier molecular flexibility index (Phi) is 2.80. The SMILES string of the molecule is Oc1ccc(C(F)(F)F)cc1C1CCNC1. The van der Waals surface area contributed by atoms with Gasteiger partial charge in [0.05, 0.1) is 5.56 Å². The first kappa shape index (κ1) is 11.3. The van der Waals surface area contributed by atoms with E-state index in [2.05, 4.69) is 5.32 Å². The highest BCUT2D eigenvalue weighted by Gasteiger charge is 2.32. The van der Waals surface area contributed by atoms with E-state index in [4.69, 9.17) is 0 Å². The van der Waals surface area contributed by atoms with Crippen molar-refractivity contribution in [2.75, 3.05) is 13.1 Å². The van der Waals surface area contributed by atoms with Gasteiger partial charge >= 0.3 is 6.18 Å². The highest BCUT2D eigenvalue weighted by Crippen LogP contribution is 2.36. The molecule has 1 atom stereocenters. The van der Waals surface area contributed by atoms with Crippen LogP contribution < -0.4 is 5.32 Å². The number of alkyl halides is 3. The molecule has 0 aliphatic carbocycles. The van der Waals surface area contributed by atoms with Crippen LogP contribution in [0, 0.1) is 0 Å². The second kappa shape index (κ2) is 3.97. The summed E-state index contributed by atoms with van der Waals surface area (Å²) in [5.74, 6) is -0.0796. The normalized spacial score (nSPS) is 21.3. The first-order valence-electron chi connectivity index (χ1n) is 5.09. The summed E-state index contributed by atoms with van der Waals surface area (Å²) >= 11 is 0. The molecule has 1 heterocycles. The van der Waals surface area contributed by atoms with Crippen LogP contribution in [0.1, 0.15) is 23.5 Å². The fraction of sp³-hybridized carbons (Fsp3) is 0.455. The highest BCUT2D eigenvalue weighted by molar-refractivity contribution is 5.40. The average molecular weight is 231 g/mol. The van der Waals surface area contributed by atoms with Gasteiger partial charge in [0.15, 0.2) is 0 Å². The van der Waals surface area contributed by atoms with Crippen LogP contribution in [-0.4, -0.2) is 18.2 Å². The van der Waals surface area contributed by atoms with Crippen LogP contribution >= 0.6 is 0 Å². The van der Waals surface area contributed by atoms with Crippen molar-refractivity contribution in [3.8, 4) is 5.75 Å². The monoisotopic (exact) mass is 231 g/mol. The van der Waals surface area contributed by atoms with E-state index in [-0.39, 0.29) is 11.7 Å². The summed E-state index contributed by atoms with van der Waals surface area (Å²) in [4.78, 5) is 0. The van der Waals surface area contributed by atoms with E-state index < -0.39 is 11.7 Å². The molecule has 2 nitrogen and oxygen atoms in total. The lowest BCUT2D eigenvalue weighted by Crippen LogP contribution is -2.10. The molecule has 0 saturated carbocycles. The van der Waals surface area contributed by atoms with Crippen molar-refractivity contribution in [2.45, 2.75) is 18.5 Å². The van der Waals surface area contributed by atoms with Crippen LogP contribution in [0.25, 0.3) is 0 Å². The van der Waals surface area contributed by atoms with E-state index in [1.54, 1.807) is 0 Å². The lowest BCUT2D eigenvalue weighted by atomic mass is 9.95. The van der Waals surface area contributed by atoms with Crippen molar-refractivity contribution in [2.24, 2.45) is 0 Å². The van der Waals surface area contributed by atoms with Gasteiger partial charge in [-0.2, -0.15) is 13.2 Å². The second-order valence-electron chi connectivity index (χ2n) is 3.96. The third-order valence-electron chi connectivity index (χ3n) is 2.85. The topological polar surface area (TPSA) is 32.3 Å². The minimum atomic E-state index is -4.35. The molecule has 1 aromatic carbocycles. The number of aromatic hydroxyl groups is 1. The lowest BCUT2D eigenvalue weighted by molar-refractivity contribution is -0.137. The van der Waals surface area contributed by atoms with Gasteiger partial charge in [-0.05, 0) is 36.7 Å². The van der Waals surface area contributed by atoms with Crippen molar-refractivity contribution in [3.63, 3.8) is 0 Å². The Morgan fingerprint density at radius 2 is 2.06 bits per heavy atom. The number of phenolic OH excluding ortho intramolecular Hbond substituents is 1. The summed E-state index contributed by atoms with van der Waals surface area (Å²) in [6.07, 6.45) is -3.59. The Balaban J connectivity index is 2.36. The average Bonchev–Trinajstić information content (AvgIpc) is 2.69. The molecule has 0 bridgehead atoms. The van der Waals surface area contributed by atoms with E-state index in [1.807, 2.05) is 0 Å². The van der Waals surface area contributed by atoms with Crippen molar-refractivity contribution in [1.82, 2.24) is 5.32 Å². The van der Waals surface area contributed by atoms with Crippen LogP contribution in [-0.2, 0) is 6.18 Å². The fourth-order valence-electron chi connectivity index (χ4n) is 1.98. The number of benzene rings is 1. The van der Waals surface area contributed by atoms with Gasteiger partial charge in [0.25, 0.3) is 0 Å². The predicted molar refractivity (Wildman–Crippen MR) is 53.3 cm³/mol. The van der Waals surface area contributed by atoms with Crippen LogP contribution in [0.5, 0.6) is 5.75 Å². The summed E-state index contributed by atoms with van der Waals surface area (Å²) in [7, 11) is 0. The van der Waals surface area contributed by atoms with E-state index in [9.17, 15) is 18.3 Å². The minimum Gasteiger partial charge on any atom is -0.508 e. The van der Waals surface area contributed by atoms with Crippen LogP contribution in [0.4, 0.5) is 13.2 Å². The largest absolute Gasteiger partial charge is 0.508 e. The molecule has 0 radical (unpaired) electrons. The molecular weight excluding hydrogens is 219 g/mol. The standard InChI is InChI=1S/C11H12F3NO/c12-11(13,14)8-1-2-10(16)9(5-8)7-3-4-15-6-7/h1-2,5,7,15-16H,3-4,6H2. The summed E-state index contributed by atoms with van der Waals surface area (Å²) < 4.78 is 37.5. The maximum atomic E-state index is 12.5. The third-order valence-corrected chi connectivity index (χ3v) is 2.85. The quantitative estimate of drug-likeness (QED) is 0.778. The maximum absolute atomic E-state index is 12.5. The van der Waals surface area contributed by atoms with Gasteiger partial charge in [0.1, 0.15) is 5.75 Å². The van der Waals surface area contributed by atoms with Crippen LogP contribution in [0.2, 0.25) is 0 Å². The number of hydrogen-bond donors (Lipinski definition) is 2. The van der Waals surface area contributed by atoms with E-state index >= 15 is 0 Å². The number of hydrogen-bond acceptors (Lipinski definition) is 2. The summed E-state index contributed by atoms with van der Waals surface area (Å²) in [5, 5.41) is 12.6. The number of phenols is 1. The van der Waals surface area contributed by atoms with Gasteiger partial charge in [-0.25, -0.2) is 0 Å². The molecular formula is C11H12F3NO. The maximum Gasteiger partial charge on any atom is 0.416 e. The molecule has 5 heteroatoms. The zero-order valence-electron chi connectivity index (χ0n) is 8.51. The smallest absolute Gasteiger partial charge is 0.416 e. The van der Waals surface area contributed by atoms with Crippen molar-refractivity contribution in [1.29, 1.82) is 0 Å². The number of halogens is 3. The Morgan fingerprint density at radius 1 is 1.31 bits per heavy atom. The minimum absolute atomic E-state index is 0.0256. The second-order valence-corrected chi connectivity index (χ2v) is 3.96. The van der Waals surface area contributed by atoms with E-state index in [0.29, 0.717) is 12.1 Å². The van der Waals surface area contributed by atoms with Crippen molar-refractivity contribution < 1.29 is 18.3 Å². The molecule has 2 N–H and O–H groups in total. The Labute approximate surface area is 91.1 Å². The van der Waals surface area contributed by atoms with Gasteiger partial charge in [0.2, 0.25) is 0 Å². The van der Waals surface area contributed by atoms with Crippen molar-refractivity contribution >= 4 is 0 Å². The molecule has 2 rings (SSSR count). The van der Waals surface area contributed by atoms with Gasteiger partial charge < -0.3 is 10.4 Å². The van der Waals surface area contributed by atoms with Gasteiger partial charge in [-0.1, -0.05) is 0 Å². The zero-order chi connectivity index (χ0) is 11.8. The Morgan fingerprint density at radius 3 is 2.62 bits per heavy atom. The predicted octanol–water partition coefficient (Wildman–Crippen LogP) is 2.49. The summed E-state index contributed by atoms with van der Waals surface area (Å²) in [6.45, 7) is 1.40. The first-order chi connectivity index (χ1) is 7.48. The fourth-order valence-corrected chi connectivity index (χ4v) is 1.98.